The summed E-state index contributed by atoms with van der Waals surface area (Å²) in [5, 5.41) is 4.21. The van der Waals surface area contributed by atoms with Gasteiger partial charge in [0.25, 0.3) is 0 Å². The zero-order chi connectivity index (χ0) is 22.3. The van der Waals surface area contributed by atoms with E-state index in [4.69, 9.17) is 4.42 Å². The summed E-state index contributed by atoms with van der Waals surface area (Å²) in [5.74, 6) is 0.479. The van der Waals surface area contributed by atoms with Crippen molar-refractivity contribution in [2.45, 2.75) is 5.54 Å². The van der Waals surface area contributed by atoms with E-state index in [0.717, 1.165) is 22.3 Å². The summed E-state index contributed by atoms with van der Waals surface area (Å²) in [6, 6.07) is 38.0. The topological polar surface area (TPSA) is 42.2 Å². The Kier molecular flexibility index (Phi) is 4.48. The molecule has 0 amide bonds. The Balaban J connectivity index is 1.74. The van der Waals surface area contributed by atoms with Crippen LogP contribution < -0.4 is 10.7 Å². The number of anilines is 1. The van der Waals surface area contributed by atoms with Crippen molar-refractivity contribution in [3.8, 4) is 0 Å². The Morgan fingerprint density at radius 1 is 0.636 bits per heavy atom. The van der Waals surface area contributed by atoms with Gasteiger partial charge in [-0.15, -0.1) is 0 Å². The minimum absolute atomic E-state index is 0.0378. The molecule has 1 N–H and O–H groups in total. The Bertz CT molecular complexity index is 1500. The SMILES string of the molecule is O=c1c2c(oc3ccccc13)NC(c1ccccc1)(c1ccccc1)C=C2c1ccccc1. The minimum Gasteiger partial charge on any atom is -0.440 e. The molecule has 158 valence electrons. The Morgan fingerprint density at radius 2 is 1.18 bits per heavy atom. The molecule has 33 heavy (non-hydrogen) atoms. The summed E-state index contributed by atoms with van der Waals surface area (Å²) in [5.41, 5.74) is 4.33. The first kappa shape index (κ1) is 19.3. The number of nitrogens with one attached hydrogen (secondary N) is 1. The van der Waals surface area contributed by atoms with Crippen LogP contribution in [0.15, 0.2) is 131 Å². The van der Waals surface area contributed by atoms with Crippen LogP contribution in [0.5, 0.6) is 0 Å². The lowest BCUT2D eigenvalue weighted by molar-refractivity contribution is 0.581. The van der Waals surface area contributed by atoms with E-state index in [0.29, 0.717) is 22.4 Å². The van der Waals surface area contributed by atoms with Gasteiger partial charge in [-0.3, -0.25) is 4.79 Å². The fraction of sp³-hybridized carbons (Fsp3) is 0.0333. The average Bonchev–Trinajstić information content (AvgIpc) is 2.89. The lowest BCUT2D eigenvalue weighted by Gasteiger charge is -2.38. The molecule has 0 radical (unpaired) electrons. The van der Waals surface area contributed by atoms with Crippen LogP contribution in [0, 0.1) is 0 Å². The fourth-order valence-electron chi connectivity index (χ4n) is 4.70. The lowest BCUT2D eigenvalue weighted by atomic mass is 9.77. The molecule has 0 bridgehead atoms. The van der Waals surface area contributed by atoms with Crippen LogP contribution in [0.2, 0.25) is 0 Å². The smallest absolute Gasteiger partial charge is 0.206 e. The first-order valence-electron chi connectivity index (χ1n) is 11.0. The van der Waals surface area contributed by atoms with Crippen LogP contribution in [0.4, 0.5) is 5.88 Å². The number of fused-ring (bicyclic) bond motifs is 2. The molecule has 2 heterocycles. The number of hydrogen-bond acceptors (Lipinski definition) is 3. The summed E-state index contributed by atoms with van der Waals surface area (Å²) < 4.78 is 6.36. The predicted molar refractivity (Wildman–Crippen MR) is 133 cm³/mol. The maximum Gasteiger partial charge on any atom is 0.206 e. The molecule has 0 fully saturated rings. The van der Waals surface area contributed by atoms with E-state index in [-0.39, 0.29) is 5.43 Å². The standard InChI is InChI=1S/C30H21NO2/c32-28-24-18-10-11-19-26(24)33-29-27(28)25(21-12-4-1-5-13-21)20-30(31-29,22-14-6-2-7-15-22)23-16-8-3-9-17-23/h1-20,31H. The van der Waals surface area contributed by atoms with Crippen LogP contribution in [-0.4, -0.2) is 0 Å². The van der Waals surface area contributed by atoms with Gasteiger partial charge < -0.3 is 9.73 Å². The van der Waals surface area contributed by atoms with E-state index in [1.165, 1.54) is 0 Å². The molecule has 0 saturated heterocycles. The second-order valence-corrected chi connectivity index (χ2v) is 8.22. The van der Waals surface area contributed by atoms with E-state index < -0.39 is 5.54 Å². The van der Waals surface area contributed by atoms with Crippen LogP contribution in [0.25, 0.3) is 16.5 Å². The third kappa shape index (κ3) is 3.09. The molecule has 0 atom stereocenters. The molecule has 1 aliphatic heterocycles. The second-order valence-electron chi connectivity index (χ2n) is 8.22. The normalized spacial score (nSPS) is 14.2. The molecule has 3 heteroatoms. The molecule has 6 rings (SSSR count). The molecule has 5 aromatic rings. The number of benzene rings is 4. The van der Waals surface area contributed by atoms with Gasteiger partial charge in [0.15, 0.2) is 0 Å². The predicted octanol–water partition coefficient (Wildman–Crippen LogP) is 6.59. The van der Waals surface area contributed by atoms with E-state index in [1.807, 2.05) is 91.0 Å². The third-order valence-electron chi connectivity index (χ3n) is 6.28. The van der Waals surface area contributed by atoms with Gasteiger partial charge >= 0.3 is 0 Å². The van der Waals surface area contributed by atoms with Gasteiger partial charge in [-0.1, -0.05) is 103 Å². The van der Waals surface area contributed by atoms with Crippen molar-refractivity contribution >= 4 is 22.4 Å². The lowest BCUT2D eigenvalue weighted by Crippen LogP contribution is -2.38. The van der Waals surface area contributed by atoms with Gasteiger partial charge in [0, 0.05) is 0 Å². The van der Waals surface area contributed by atoms with Crippen LogP contribution in [0.1, 0.15) is 22.3 Å². The van der Waals surface area contributed by atoms with Gasteiger partial charge in [-0.2, -0.15) is 0 Å². The highest BCUT2D eigenvalue weighted by molar-refractivity contribution is 5.93. The maximum absolute atomic E-state index is 13.7. The number of rotatable bonds is 3. The molecule has 0 aliphatic carbocycles. The zero-order valence-corrected chi connectivity index (χ0v) is 17.9. The average molecular weight is 428 g/mol. The summed E-state index contributed by atoms with van der Waals surface area (Å²) >= 11 is 0. The monoisotopic (exact) mass is 427 g/mol. The molecular formula is C30H21NO2. The van der Waals surface area contributed by atoms with Crippen molar-refractivity contribution in [1.29, 1.82) is 0 Å². The number of hydrogen-bond donors (Lipinski definition) is 1. The van der Waals surface area contributed by atoms with Crippen LogP contribution in [-0.2, 0) is 5.54 Å². The van der Waals surface area contributed by atoms with Crippen molar-refractivity contribution in [2.75, 3.05) is 5.32 Å². The highest BCUT2D eigenvalue weighted by Crippen LogP contribution is 2.45. The Labute approximate surface area is 191 Å². The van der Waals surface area contributed by atoms with Gasteiger partial charge in [0.1, 0.15) is 11.1 Å². The van der Waals surface area contributed by atoms with E-state index in [9.17, 15) is 4.79 Å². The first-order chi connectivity index (χ1) is 16.3. The van der Waals surface area contributed by atoms with Crippen molar-refractivity contribution in [3.05, 3.63) is 154 Å². The van der Waals surface area contributed by atoms with Gasteiger partial charge in [-0.05, 0) is 40.5 Å². The molecule has 1 aromatic heterocycles. The van der Waals surface area contributed by atoms with Crippen LogP contribution >= 0.6 is 0 Å². The molecule has 0 spiro atoms. The largest absolute Gasteiger partial charge is 0.440 e. The van der Waals surface area contributed by atoms with Crippen molar-refractivity contribution in [3.63, 3.8) is 0 Å². The first-order valence-corrected chi connectivity index (χ1v) is 11.0. The molecule has 1 aliphatic rings. The van der Waals surface area contributed by atoms with E-state index >= 15 is 0 Å². The minimum atomic E-state index is -0.709. The zero-order valence-electron chi connectivity index (χ0n) is 17.9. The number of para-hydroxylation sites is 1. The second kappa shape index (κ2) is 7.64. The van der Waals surface area contributed by atoms with Gasteiger partial charge in [-0.25, -0.2) is 0 Å². The van der Waals surface area contributed by atoms with Crippen LogP contribution in [0.3, 0.4) is 0 Å². The van der Waals surface area contributed by atoms with Crippen molar-refractivity contribution < 1.29 is 4.42 Å². The molecular weight excluding hydrogens is 406 g/mol. The summed E-state index contributed by atoms with van der Waals surface area (Å²) in [7, 11) is 0. The van der Waals surface area contributed by atoms with Crippen molar-refractivity contribution in [2.24, 2.45) is 0 Å². The van der Waals surface area contributed by atoms with E-state index in [1.54, 1.807) is 0 Å². The summed E-state index contributed by atoms with van der Waals surface area (Å²) in [6.45, 7) is 0. The summed E-state index contributed by atoms with van der Waals surface area (Å²) in [4.78, 5) is 13.7. The highest BCUT2D eigenvalue weighted by Gasteiger charge is 2.39. The fourth-order valence-corrected chi connectivity index (χ4v) is 4.70. The quantitative estimate of drug-likeness (QED) is 0.353. The maximum atomic E-state index is 13.7. The Morgan fingerprint density at radius 3 is 1.82 bits per heavy atom. The van der Waals surface area contributed by atoms with Crippen molar-refractivity contribution in [1.82, 2.24) is 0 Å². The summed E-state index contributed by atoms with van der Waals surface area (Å²) in [6.07, 6.45) is 2.17. The molecule has 4 aromatic carbocycles. The van der Waals surface area contributed by atoms with Gasteiger partial charge in [0.05, 0.1) is 10.9 Å². The molecule has 0 saturated carbocycles. The van der Waals surface area contributed by atoms with E-state index in [2.05, 4.69) is 35.7 Å². The molecule has 0 unspecified atom stereocenters. The van der Waals surface area contributed by atoms with Gasteiger partial charge in [0.2, 0.25) is 11.3 Å². The highest BCUT2D eigenvalue weighted by atomic mass is 16.3. The Hall–Kier alpha value is -4.37. The third-order valence-corrected chi connectivity index (χ3v) is 6.28. The molecule has 3 nitrogen and oxygen atoms in total.